The quantitative estimate of drug-likeness (QED) is 0.817. The Bertz CT molecular complexity index is 427. The maximum Gasteiger partial charge on any atom is 0.230 e. The maximum atomic E-state index is 12.8. The molecule has 6 heteroatoms. The monoisotopic (exact) mass is 288 g/mol. The lowest BCUT2D eigenvalue weighted by Gasteiger charge is -2.33. The summed E-state index contributed by atoms with van der Waals surface area (Å²) in [6, 6.07) is 0. The van der Waals surface area contributed by atoms with Gasteiger partial charge in [0.05, 0.1) is 16.9 Å². The zero-order valence-electron chi connectivity index (χ0n) is 11.7. The molecule has 2 fully saturated rings. The molecule has 2 aliphatic heterocycles. The predicted molar refractivity (Wildman–Crippen MR) is 74.7 cm³/mol. The molecule has 110 valence electrons. The Balaban J connectivity index is 2.09. The van der Waals surface area contributed by atoms with Gasteiger partial charge in [0.1, 0.15) is 0 Å². The average Bonchev–Trinajstić information content (AvgIpc) is 2.75. The number of carbonyl (C=O) groups is 1. The van der Waals surface area contributed by atoms with E-state index >= 15 is 0 Å². The van der Waals surface area contributed by atoms with E-state index in [2.05, 4.69) is 12.2 Å². The van der Waals surface area contributed by atoms with Crippen molar-refractivity contribution in [3.8, 4) is 0 Å². The van der Waals surface area contributed by atoms with E-state index in [-0.39, 0.29) is 22.8 Å². The minimum atomic E-state index is -2.95. The van der Waals surface area contributed by atoms with E-state index in [0.29, 0.717) is 19.5 Å². The summed E-state index contributed by atoms with van der Waals surface area (Å²) in [4.78, 5) is 14.6. The molecule has 0 saturated carbocycles. The molecule has 1 amide bonds. The van der Waals surface area contributed by atoms with Crippen molar-refractivity contribution in [2.45, 2.75) is 32.6 Å². The summed E-state index contributed by atoms with van der Waals surface area (Å²) in [6.45, 7) is 4.68. The topological polar surface area (TPSA) is 66.5 Å². The maximum absolute atomic E-state index is 12.8. The lowest BCUT2D eigenvalue weighted by Crippen LogP contribution is -2.46. The van der Waals surface area contributed by atoms with Crippen LogP contribution in [0.15, 0.2) is 0 Å². The first kappa shape index (κ1) is 14.8. The van der Waals surface area contributed by atoms with Crippen LogP contribution in [0.2, 0.25) is 0 Å². The van der Waals surface area contributed by atoms with Crippen LogP contribution < -0.4 is 5.32 Å². The SMILES string of the molecule is CCCC1(C(=O)N2CCCS(=O)(=O)CC2)CCNC1. The van der Waals surface area contributed by atoms with Gasteiger partial charge in [0.2, 0.25) is 5.91 Å². The van der Waals surface area contributed by atoms with Crippen LogP contribution in [0.3, 0.4) is 0 Å². The molecule has 1 atom stereocenters. The fourth-order valence-electron chi connectivity index (χ4n) is 3.20. The summed E-state index contributed by atoms with van der Waals surface area (Å²) in [6.07, 6.45) is 3.33. The van der Waals surface area contributed by atoms with E-state index in [1.165, 1.54) is 0 Å². The van der Waals surface area contributed by atoms with Gasteiger partial charge in [0, 0.05) is 19.6 Å². The minimum Gasteiger partial charge on any atom is -0.341 e. The molecule has 0 radical (unpaired) electrons. The highest BCUT2D eigenvalue weighted by Crippen LogP contribution is 2.33. The van der Waals surface area contributed by atoms with Crippen molar-refractivity contribution in [2.24, 2.45) is 5.41 Å². The number of hydrogen-bond donors (Lipinski definition) is 1. The van der Waals surface area contributed by atoms with Crippen molar-refractivity contribution in [2.75, 3.05) is 37.7 Å². The molecule has 0 aromatic heterocycles. The number of sulfone groups is 1. The zero-order valence-corrected chi connectivity index (χ0v) is 12.5. The van der Waals surface area contributed by atoms with E-state index in [4.69, 9.17) is 0 Å². The molecular weight excluding hydrogens is 264 g/mol. The number of carbonyl (C=O) groups excluding carboxylic acids is 1. The van der Waals surface area contributed by atoms with Crippen LogP contribution in [0.25, 0.3) is 0 Å². The standard InChI is InChI=1S/C13H24N2O3S/c1-2-4-13(5-6-14-11-13)12(16)15-7-3-9-19(17,18)10-8-15/h14H,2-11H2,1H3. The summed E-state index contributed by atoms with van der Waals surface area (Å²) in [5, 5.41) is 3.28. The summed E-state index contributed by atoms with van der Waals surface area (Å²) in [7, 11) is -2.95. The molecule has 5 nitrogen and oxygen atoms in total. The lowest BCUT2D eigenvalue weighted by atomic mass is 9.81. The van der Waals surface area contributed by atoms with Crippen molar-refractivity contribution < 1.29 is 13.2 Å². The predicted octanol–water partition coefficient (Wildman–Crippen LogP) is 0.413. The molecule has 2 rings (SSSR count). The van der Waals surface area contributed by atoms with E-state index in [0.717, 1.165) is 32.4 Å². The first-order valence-corrected chi connectivity index (χ1v) is 9.02. The van der Waals surface area contributed by atoms with Gasteiger partial charge < -0.3 is 10.2 Å². The fourth-order valence-corrected chi connectivity index (χ4v) is 4.47. The van der Waals surface area contributed by atoms with E-state index in [9.17, 15) is 13.2 Å². The number of nitrogens with one attached hydrogen (secondary N) is 1. The van der Waals surface area contributed by atoms with Crippen LogP contribution >= 0.6 is 0 Å². The molecule has 2 saturated heterocycles. The molecule has 0 aromatic rings. The Morgan fingerprint density at radius 2 is 2.11 bits per heavy atom. The highest BCUT2D eigenvalue weighted by molar-refractivity contribution is 7.91. The third-order valence-electron chi connectivity index (χ3n) is 4.27. The second-order valence-corrected chi connectivity index (χ2v) is 8.06. The van der Waals surface area contributed by atoms with Crippen LogP contribution in [-0.4, -0.2) is 56.9 Å². The zero-order chi connectivity index (χ0) is 13.9. The molecule has 2 heterocycles. The van der Waals surface area contributed by atoms with E-state index in [1.54, 1.807) is 4.90 Å². The van der Waals surface area contributed by atoms with Crippen molar-refractivity contribution in [3.05, 3.63) is 0 Å². The van der Waals surface area contributed by atoms with Crippen LogP contribution in [0, 0.1) is 5.41 Å². The molecule has 0 aliphatic carbocycles. The third kappa shape index (κ3) is 3.28. The van der Waals surface area contributed by atoms with Crippen molar-refractivity contribution in [1.82, 2.24) is 10.2 Å². The van der Waals surface area contributed by atoms with Crippen molar-refractivity contribution >= 4 is 15.7 Å². The Morgan fingerprint density at radius 3 is 2.74 bits per heavy atom. The first-order chi connectivity index (χ1) is 8.99. The Kier molecular flexibility index (Phi) is 4.50. The van der Waals surface area contributed by atoms with E-state index < -0.39 is 9.84 Å². The summed E-state index contributed by atoms with van der Waals surface area (Å²) < 4.78 is 23.2. The Labute approximate surface area is 115 Å². The van der Waals surface area contributed by atoms with Gasteiger partial charge >= 0.3 is 0 Å². The first-order valence-electron chi connectivity index (χ1n) is 7.20. The molecule has 1 N–H and O–H groups in total. The molecule has 0 bridgehead atoms. The van der Waals surface area contributed by atoms with Gasteiger partial charge in [-0.15, -0.1) is 0 Å². The highest BCUT2D eigenvalue weighted by atomic mass is 32.2. The normalized spacial score (nSPS) is 31.1. The van der Waals surface area contributed by atoms with Gasteiger partial charge in [-0.3, -0.25) is 4.79 Å². The molecule has 2 aliphatic rings. The summed E-state index contributed by atoms with van der Waals surface area (Å²) in [5.74, 6) is 0.501. The summed E-state index contributed by atoms with van der Waals surface area (Å²) >= 11 is 0. The molecule has 0 aromatic carbocycles. The fraction of sp³-hybridized carbons (Fsp3) is 0.923. The minimum absolute atomic E-state index is 0.119. The van der Waals surface area contributed by atoms with Gasteiger partial charge in [-0.1, -0.05) is 13.3 Å². The Morgan fingerprint density at radius 1 is 1.32 bits per heavy atom. The number of rotatable bonds is 3. The molecule has 1 unspecified atom stereocenters. The molecule has 0 spiro atoms. The molecule has 19 heavy (non-hydrogen) atoms. The van der Waals surface area contributed by atoms with Crippen LogP contribution in [-0.2, 0) is 14.6 Å². The van der Waals surface area contributed by atoms with Crippen LogP contribution in [0.5, 0.6) is 0 Å². The van der Waals surface area contributed by atoms with Gasteiger partial charge in [0.25, 0.3) is 0 Å². The molecular formula is C13H24N2O3S. The second-order valence-electron chi connectivity index (χ2n) is 5.75. The number of hydrogen-bond acceptors (Lipinski definition) is 4. The third-order valence-corrected chi connectivity index (χ3v) is 5.98. The number of nitrogens with zero attached hydrogens (tertiary/aromatic N) is 1. The van der Waals surface area contributed by atoms with Gasteiger partial charge in [-0.05, 0) is 25.8 Å². The number of amides is 1. The van der Waals surface area contributed by atoms with Crippen LogP contribution in [0.1, 0.15) is 32.6 Å². The van der Waals surface area contributed by atoms with Crippen LogP contribution in [0.4, 0.5) is 0 Å². The van der Waals surface area contributed by atoms with Gasteiger partial charge in [-0.2, -0.15) is 0 Å². The highest BCUT2D eigenvalue weighted by Gasteiger charge is 2.43. The summed E-state index contributed by atoms with van der Waals surface area (Å²) in [5.41, 5.74) is -0.289. The smallest absolute Gasteiger partial charge is 0.230 e. The largest absolute Gasteiger partial charge is 0.341 e. The average molecular weight is 288 g/mol. The van der Waals surface area contributed by atoms with E-state index in [1.807, 2.05) is 0 Å². The van der Waals surface area contributed by atoms with Gasteiger partial charge in [0.15, 0.2) is 9.84 Å². The van der Waals surface area contributed by atoms with Gasteiger partial charge in [-0.25, -0.2) is 8.42 Å². The lowest BCUT2D eigenvalue weighted by molar-refractivity contribution is -0.141. The van der Waals surface area contributed by atoms with Crippen molar-refractivity contribution in [1.29, 1.82) is 0 Å². The Hall–Kier alpha value is -0.620. The van der Waals surface area contributed by atoms with Crippen molar-refractivity contribution in [3.63, 3.8) is 0 Å². The second kappa shape index (κ2) is 5.79.